The second-order valence-electron chi connectivity index (χ2n) is 6.45. The molecular formula is C19H29F2IN4O2. The summed E-state index contributed by atoms with van der Waals surface area (Å²) in [4.78, 5) is 18.0. The van der Waals surface area contributed by atoms with Crippen LogP contribution in [0.25, 0.3) is 0 Å². The lowest BCUT2D eigenvalue weighted by atomic mass is 10.1. The number of hydrogen-bond donors (Lipinski definition) is 2. The van der Waals surface area contributed by atoms with Crippen LogP contribution in [0.2, 0.25) is 0 Å². The Hall–Kier alpha value is -1.65. The minimum absolute atomic E-state index is 0. The van der Waals surface area contributed by atoms with E-state index in [2.05, 4.69) is 20.4 Å². The van der Waals surface area contributed by atoms with Gasteiger partial charge in [-0.25, -0.2) is 4.99 Å². The van der Waals surface area contributed by atoms with Gasteiger partial charge in [0.25, 0.3) is 0 Å². The molecule has 0 saturated carbocycles. The summed E-state index contributed by atoms with van der Waals surface area (Å²) in [7, 11) is 0. The van der Waals surface area contributed by atoms with Crippen LogP contribution in [0.5, 0.6) is 5.75 Å². The zero-order chi connectivity index (χ0) is 19.6. The van der Waals surface area contributed by atoms with Crippen molar-refractivity contribution in [1.29, 1.82) is 0 Å². The van der Waals surface area contributed by atoms with E-state index in [1.807, 2.05) is 18.7 Å². The summed E-state index contributed by atoms with van der Waals surface area (Å²) in [6, 6.07) is 5.07. The molecule has 1 aliphatic heterocycles. The molecule has 1 aromatic carbocycles. The van der Waals surface area contributed by atoms with E-state index in [1.165, 1.54) is 0 Å². The van der Waals surface area contributed by atoms with Gasteiger partial charge in [-0.2, -0.15) is 8.78 Å². The number of halogens is 3. The topological polar surface area (TPSA) is 66.0 Å². The molecule has 1 fully saturated rings. The zero-order valence-corrected chi connectivity index (χ0v) is 18.7. The summed E-state index contributed by atoms with van der Waals surface area (Å²) in [6.07, 6.45) is 2.41. The molecule has 0 radical (unpaired) electrons. The van der Waals surface area contributed by atoms with Gasteiger partial charge in [0.15, 0.2) is 5.96 Å². The van der Waals surface area contributed by atoms with E-state index in [4.69, 9.17) is 0 Å². The molecule has 0 aromatic heterocycles. The molecule has 0 spiro atoms. The number of aryl methyl sites for hydroxylation is 1. The van der Waals surface area contributed by atoms with Gasteiger partial charge < -0.3 is 20.3 Å². The lowest BCUT2D eigenvalue weighted by Crippen LogP contribution is -2.39. The Morgan fingerprint density at radius 1 is 1.36 bits per heavy atom. The molecule has 2 N–H and O–H groups in total. The van der Waals surface area contributed by atoms with Crippen LogP contribution >= 0.6 is 24.0 Å². The number of amides is 1. The second-order valence-corrected chi connectivity index (χ2v) is 6.45. The van der Waals surface area contributed by atoms with Gasteiger partial charge in [0, 0.05) is 38.2 Å². The molecule has 2 rings (SSSR count). The number of carbonyl (C=O) groups excluding carboxylic acids is 1. The van der Waals surface area contributed by atoms with E-state index in [0.717, 1.165) is 31.5 Å². The third-order valence-corrected chi connectivity index (χ3v) is 4.25. The van der Waals surface area contributed by atoms with Gasteiger partial charge in [-0.1, -0.05) is 17.7 Å². The van der Waals surface area contributed by atoms with E-state index in [0.29, 0.717) is 31.0 Å². The number of carbonyl (C=O) groups is 1. The summed E-state index contributed by atoms with van der Waals surface area (Å²) in [5.41, 5.74) is 1.56. The van der Waals surface area contributed by atoms with Crippen molar-refractivity contribution in [3.8, 4) is 5.75 Å². The zero-order valence-electron chi connectivity index (χ0n) is 16.3. The molecule has 1 aromatic rings. The molecule has 1 aliphatic rings. The smallest absolute Gasteiger partial charge is 0.387 e. The Bertz CT molecular complexity index is 659. The highest BCUT2D eigenvalue weighted by atomic mass is 127. The monoisotopic (exact) mass is 510 g/mol. The molecule has 0 bridgehead atoms. The van der Waals surface area contributed by atoms with Crippen molar-refractivity contribution in [3.05, 3.63) is 29.3 Å². The van der Waals surface area contributed by atoms with E-state index >= 15 is 0 Å². The Labute approximate surface area is 182 Å². The highest BCUT2D eigenvalue weighted by Crippen LogP contribution is 2.22. The van der Waals surface area contributed by atoms with Crippen molar-refractivity contribution in [2.45, 2.75) is 46.3 Å². The first-order valence-corrected chi connectivity index (χ1v) is 9.34. The standard InChI is InChI=1S/C19H28F2N4O2.HI/c1-3-22-19(23-9-5-11-25-10-4-6-17(25)26)24-13-15-12-14(2)7-8-16(15)27-18(20)21;/h7-8,12,18H,3-6,9-11,13H2,1-2H3,(H2,22,23,24);1H. The van der Waals surface area contributed by atoms with Gasteiger partial charge in [-0.15, -0.1) is 24.0 Å². The fourth-order valence-electron chi connectivity index (χ4n) is 2.97. The highest BCUT2D eigenvalue weighted by molar-refractivity contribution is 14.0. The van der Waals surface area contributed by atoms with Crippen molar-refractivity contribution in [2.24, 2.45) is 4.99 Å². The Kier molecular flexibility index (Phi) is 11.1. The van der Waals surface area contributed by atoms with Crippen LogP contribution in [0, 0.1) is 6.92 Å². The van der Waals surface area contributed by atoms with Crippen LogP contribution in [-0.4, -0.2) is 49.6 Å². The van der Waals surface area contributed by atoms with Gasteiger partial charge in [-0.3, -0.25) is 4.79 Å². The largest absolute Gasteiger partial charge is 0.434 e. The molecule has 6 nitrogen and oxygen atoms in total. The van der Waals surface area contributed by atoms with Crippen LogP contribution < -0.4 is 15.4 Å². The van der Waals surface area contributed by atoms with Crippen molar-refractivity contribution < 1.29 is 18.3 Å². The Morgan fingerprint density at radius 2 is 2.14 bits per heavy atom. The second kappa shape index (κ2) is 12.7. The number of alkyl halides is 2. The van der Waals surface area contributed by atoms with E-state index in [1.54, 1.807) is 18.2 Å². The fourth-order valence-corrected chi connectivity index (χ4v) is 2.97. The predicted molar refractivity (Wildman–Crippen MR) is 116 cm³/mol. The van der Waals surface area contributed by atoms with Crippen LogP contribution in [0.4, 0.5) is 8.78 Å². The highest BCUT2D eigenvalue weighted by Gasteiger charge is 2.19. The number of aliphatic imine (C=N–C) groups is 1. The predicted octanol–water partition coefficient (Wildman–Crippen LogP) is 3.28. The van der Waals surface area contributed by atoms with Crippen molar-refractivity contribution in [1.82, 2.24) is 15.5 Å². The third kappa shape index (κ3) is 8.15. The molecule has 28 heavy (non-hydrogen) atoms. The van der Waals surface area contributed by atoms with Gasteiger partial charge in [0.2, 0.25) is 5.91 Å². The SMILES string of the molecule is CCNC(=NCc1cc(C)ccc1OC(F)F)NCCCN1CCCC1=O.I. The first kappa shape index (κ1) is 24.4. The normalized spacial score (nSPS) is 14.2. The summed E-state index contributed by atoms with van der Waals surface area (Å²) < 4.78 is 29.7. The van der Waals surface area contributed by atoms with Crippen LogP contribution in [0.1, 0.15) is 37.3 Å². The number of hydrogen-bond acceptors (Lipinski definition) is 3. The van der Waals surface area contributed by atoms with E-state index in [9.17, 15) is 13.6 Å². The molecule has 0 aliphatic carbocycles. The number of rotatable bonds is 9. The van der Waals surface area contributed by atoms with E-state index < -0.39 is 6.61 Å². The molecule has 1 amide bonds. The van der Waals surface area contributed by atoms with Crippen LogP contribution in [-0.2, 0) is 11.3 Å². The van der Waals surface area contributed by atoms with Gasteiger partial charge in [0.1, 0.15) is 5.75 Å². The lowest BCUT2D eigenvalue weighted by Gasteiger charge is -2.16. The quantitative estimate of drug-likeness (QED) is 0.232. The molecule has 9 heteroatoms. The number of likely N-dealkylation sites (tertiary alicyclic amines) is 1. The van der Waals surface area contributed by atoms with Gasteiger partial charge in [-0.05, 0) is 32.8 Å². The van der Waals surface area contributed by atoms with E-state index in [-0.39, 0.29) is 42.2 Å². The first-order chi connectivity index (χ1) is 13.0. The summed E-state index contributed by atoms with van der Waals surface area (Å²) in [5, 5.41) is 6.35. The molecule has 0 atom stereocenters. The van der Waals surface area contributed by atoms with Crippen molar-refractivity contribution >= 4 is 35.8 Å². The minimum atomic E-state index is -2.87. The molecular weight excluding hydrogens is 481 g/mol. The lowest BCUT2D eigenvalue weighted by molar-refractivity contribution is -0.127. The number of nitrogens with one attached hydrogen (secondary N) is 2. The first-order valence-electron chi connectivity index (χ1n) is 9.34. The van der Waals surface area contributed by atoms with Crippen LogP contribution in [0.3, 0.4) is 0 Å². The number of benzene rings is 1. The summed E-state index contributed by atoms with van der Waals surface area (Å²) in [5.74, 6) is 0.971. The Balaban J connectivity index is 0.00000392. The average molecular weight is 510 g/mol. The molecule has 158 valence electrons. The van der Waals surface area contributed by atoms with Gasteiger partial charge in [0.05, 0.1) is 6.54 Å². The maximum absolute atomic E-state index is 12.6. The minimum Gasteiger partial charge on any atom is -0.434 e. The Morgan fingerprint density at radius 3 is 2.79 bits per heavy atom. The molecule has 1 heterocycles. The van der Waals surface area contributed by atoms with Crippen molar-refractivity contribution in [2.75, 3.05) is 26.2 Å². The third-order valence-electron chi connectivity index (χ3n) is 4.25. The van der Waals surface area contributed by atoms with Crippen LogP contribution in [0.15, 0.2) is 23.2 Å². The van der Waals surface area contributed by atoms with Gasteiger partial charge >= 0.3 is 6.61 Å². The number of nitrogens with zero attached hydrogens (tertiary/aromatic N) is 2. The molecule has 0 unspecified atom stereocenters. The average Bonchev–Trinajstić information content (AvgIpc) is 3.03. The summed E-state index contributed by atoms with van der Waals surface area (Å²) >= 11 is 0. The summed E-state index contributed by atoms with van der Waals surface area (Å²) in [6.45, 7) is 4.14. The maximum atomic E-state index is 12.6. The number of ether oxygens (including phenoxy) is 1. The number of guanidine groups is 1. The van der Waals surface area contributed by atoms with Crippen molar-refractivity contribution in [3.63, 3.8) is 0 Å². The molecule has 1 saturated heterocycles. The fraction of sp³-hybridized carbons (Fsp3) is 0.579. The maximum Gasteiger partial charge on any atom is 0.387 e.